The minimum Gasteiger partial charge on any atom is -0.508 e. The maximum Gasteiger partial charge on any atom is 0.305 e. The molecular formula is C13H14N2O4. The molecule has 2 aromatic rings. The Hall–Kier alpha value is -2.50. The molecule has 0 aliphatic heterocycles. The van der Waals surface area contributed by atoms with Crippen LogP contribution in [0.5, 0.6) is 17.2 Å². The van der Waals surface area contributed by atoms with Gasteiger partial charge in [-0.15, -0.1) is 0 Å². The van der Waals surface area contributed by atoms with Crippen molar-refractivity contribution in [3.63, 3.8) is 0 Å². The average molecular weight is 262 g/mol. The molecule has 0 atom stereocenters. The summed E-state index contributed by atoms with van der Waals surface area (Å²) in [4.78, 5) is 10.5. The molecule has 0 amide bonds. The monoisotopic (exact) mass is 262 g/mol. The highest BCUT2D eigenvalue weighted by Gasteiger charge is 2.09. The van der Waals surface area contributed by atoms with E-state index in [4.69, 9.17) is 9.84 Å². The minimum atomic E-state index is -0.865. The van der Waals surface area contributed by atoms with E-state index in [0.29, 0.717) is 18.0 Å². The molecule has 0 radical (unpaired) electrons. The van der Waals surface area contributed by atoms with Crippen molar-refractivity contribution in [2.45, 2.75) is 19.9 Å². The summed E-state index contributed by atoms with van der Waals surface area (Å²) in [6.07, 6.45) is 1.56. The van der Waals surface area contributed by atoms with Gasteiger partial charge in [0, 0.05) is 0 Å². The largest absolute Gasteiger partial charge is 0.508 e. The fourth-order valence-electron chi connectivity index (χ4n) is 1.60. The Bertz CT molecular complexity index is 575. The maximum atomic E-state index is 10.5. The van der Waals surface area contributed by atoms with Gasteiger partial charge in [-0.3, -0.25) is 9.48 Å². The highest BCUT2D eigenvalue weighted by Crippen LogP contribution is 2.25. The lowest BCUT2D eigenvalue weighted by Gasteiger charge is -2.06. The van der Waals surface area contributed by atoms with Crippen molar-refractivity contribution < 1.29 is 19.7 Å². The van der Waals surface area contributed by atoms with Crippen LogP contribution in [0.3, 0.4) is 0 Å². The van der Waals surface area contributed by atoms with E-state index in [-0.39, 0.29) is 12.2 Å². The molecule has 0 aliphatic rings. The van der Waals surface area contributed by atoms with Gasteiger partial charge in [0.05, 0.1) is 24.9 Å². The van der Waals surface area contributed by atoms with Crippen LogP contribution in [0.15, 0.2) is 30.5 Å². The molecule has 2 N–H and O–H groups in total. The van der Waals surface area contributed by atoms with Crippen LogP contribution in [0.1, 0.15) is 12.1 Å². The SMILES string of the molecule is Cc1c(Oc2ccc(O)cc2)cnn1CCC(=O)O. The molecule has 1 aromatic carbocycles. The van der Waals surface area contributed by atoms with Gasteiger partial charge in [-0.25, -0.2) is 0 Å². The third-order valence-corrected chi connectivity index (χ3v) is 2.66. The van der Waals surface area contributed by atoms with Gasteiger partial charge >= 0.3 is 5.97 Å². The lowest BCUT2D eigenvalue weighted by molar-refractivity contribution is -0.137. The highest BCUT2D eigenvalue weighted by molar-refractivity contribution is 5.66. The highest BCUT2D eigenvalue weighted by atomic mass is 16.5. The molecule has 1 aromatic heterocycles. The van der Waals surface area contributed by atoms with Crippen LogP contribution in [0.4, 0.5) is 0 Å². The maximum absolute atomic E-state index is 10.5. The second-order valence-electron chi connectivity index (χ2n) is 4.06. The molecule has 19 heavy (non-hydrogen) atoms. The lowest BCUT2D eigenvalue weighted by Crippen LogP contribution is -2.07. The van der Waals surface area contributed by atoms with Crippen LogP contribution in [0.25, 0.3) is 0 Å². The zero-order chi connectivity index (χ0) is 13.8. The molecule has 100 valence electrons. The number of aromatic hydroxyl groups is 1. The first-order valence-corrected chi connectivity index (χ1v) is 5.77. The lowest BCUT2D eigenvalue weighted by atomic mass is 10.3. The number of rotatable bonds is 5. The van der Waals surface area contributed by atoms with Gasteiger partial charge in [0.1, 0.15) is 11.5 Å². The van der Waals surface area contributed by atoms with E-state index in [2.05, 4.69) is 5.10 Å². The molecule has 0 saturated carbocycles. The fraction of sp³-hybridized carbons (Fsp3) is 0.231. The van der Waals surface area contributed by atoms with E-state index in [1.165, 1.54) is 12.1 Å². The van der Waals surface area contributed by atoms with Crippen molar-refractivity contribution in [2.24, 2.45) is 0 Å². The van der Waals surface area contributed by atoms with Gasteiger partial charge in [0.25, 0.3) is 0 Å². The number of ether oxygens (including phenoxy) is 1. The third kappa shape index (κ3) is 3.25. The Labute approximate surface area is 109 Å². The van der Waals surface area contributed by atoms with E-state index < -0.39 is 5.97 Å². The normalized spacial score (nSPS) is 10.4. The quantitative estimate of drug-likeness (QED) is 0.862. The van der Waals surface area contributed by atoms with Gasteiger partial charge in [0.15, 0.2) is 5.75 Å². The van der Waals surface area contributed by atoms with Crippen LogP contribution in [-0.4, -0.2) is 26.0 Å². The number of aliphatic carboxylic acids is 1. The molecule has 0 bridgehead atoms. The topological polar surface area (TPSA) is 84.6 Å². The molecule has 0 aliphatic carbocycles. The second-order valence-corrected chi connectivity index (χ2v) is 4.06. The fourth-order valence-corrected chi connectivity index (χ4v) is 1.60. The first kappa shape index (κ1) is 12.9. The summed E-state index contributed by atoms with van der Waals surface area (Å²) in [5.41, 5.74) is 0.759. The van der Waals surface area contributed by atoms with Crippen molar-refractivity contribution >= 4 is 5.97 Å². The summed E-state index contributed by atoms with van der Waals surface area (Å²) in [5.74, 6) is 0.451. The molecule has 6 nitrogen and oxygen atoms in total. The summed E-state index contributed by atoms with van der Waals surface area (Å²) >= 11 is 0. The van der Waals surface area contributed by atoms with Gasteiger partial charge in [0.2, 0.25) is 0 Å². The Morgan fingerprint density at radius 2 is 2.05 bits per heavy atom. The van der Waals surface area contributed by atoms with Crippen molar-refractivity contribution in [3.05, 3.63) is 36.2 Å². The average Bonchev–Trinajstić information content (AvgIpc) is 2.71. The van der Waals surface area contributed by atoms with Crippen molar-refractivity contribution in [3.8, 4) is 17.2 Å². The molecule has 0 spiro atoms. The number of nitrogens with zero attached hydrogens (tertiary/aromatic N) is 2. The summed E-state index contributed by atoms with van der Waals surface area (Å²) < 4.78 is 7.20. The number of aromatic nitrogens is 2. The number of carboxylic acid groups (broad SMARTS) is 1. The van der Waals surface area contributed by atoms with Crippen LogP contribution < -0.4 is 4.74 Å². The van der Waals surface area contributed by atoms with E-state index in [9.17, 15) is 9.90 Å². The molecular weight excluding hydrogens is 248 g/mol. The zero-order valence-corrected chi connectivity index (χ0v) is 10.4. The Balaban J connectivity index is 2.09. The molecule has 2 rings (SSSR count). The summed E-state index contributed by atoms with van der Waals surface area (Å²) in [5, 5.41) is 21.9. The molecule has 0 saturated heterocycles. The number of hydrogen-bond acceptors (Lipinski definition) is 4. The summed E-state index contributed by atoms with van der Waals surface area (Å²) in [6.45, 7) is 2.12. The predicted octanol–water partition coefficient (Wildman–Crippen LogP) is 2.16. The van der Waals surface area contributed by atoms with E-state index in [1.54, 1.807) is 23.0 Å². The van der Waals surface area contributed by atoms with Crippen molar-refractivity contribution in [1.29, 1.82) is 0 Å². The molecule has 1 heterocycles. The first-order valence-electron chi connectivity index (χ1n) is 5.77. The van der Waals surface area contributed by atoms with Crippen molar-refractivity contribution in [2.75, 3.05) is 0 Å². The van der Waals surface area contributed by atoms with Gasteiger partial charge in [-0.2, -0.15) is 5.10 Å². The number of hydrogen-bond donors (Lipinski definition) is 2. The Morgan fingerprint density at radius 1 is 1.37 bits per heavy atom. The van der Waals surface area contributed by atoms with Crippen molar-refractivity contribution in [1.82, 2.24) is 9.78 Å². The van der Waals surface area contributed by atoms with Crippen LogP contribution in [0.2, 0.25) is 0 Å². The summed E-state index contributed by atoms with van der Waals surface area (Å²) in [7, 11) is 0. The Kier molecular flexibility index (Phi) is 3.70. The number of aryl methyl sites for hydroxylation is 1. The Morgan fingerprint density at radius 3 is 2.68 bits per heavy atom. The number of carboxylic acids is 1. The minimum absolute atomic E-state index is 0.0150. The molecule has 6 heteroatoms. The number of carbonyl (C=O) groups is 1. The first-order chi connectivity index (χ1) is 9.06. The van der Waals surface area contributed by atoms with Crippen LogP contribution >= 0.6 is 0 Å². The van der Waals surface area contributed by atoms with Gasteiger partial charge in [-0.1, -0.05) is 0 Å². The molecule has 0 unspecified atom stereocenters. The smallest absolute Gasteiger partial charge is 0.305 e. The number of phenolic OH excluding ortho intramolecular Hbond substituents is 1. The zero-order valence-electron chi connectivity index (χ0n) is 10.4. The van der Waals surface area contributed by atoms with Gasteiger partial charge in [-0.05, 0) is 31.2 Å². The van der Waals surface area contributed by atoms with Gasteiger partial charge < -0.3 is 14.9 Å². The van der Waals surface area contributed by atoms with E-state index in [0.717, 1.165) is 5.69 Å². The third-order valence-electron chi connectivity index (χ3n) is 2.66. The second kappa shape index (κ2) is 5.43. The standard InChI is InChI=1S/C13H14N2O4/c1-9-12(8-14-15(9)7-6-13(17)18)19-11-4-2-10(16)3-5-11/h2-5,8,16H,6-7H2,1H3,(H,17,18). The van der Waals surface area contributed by atoms with E-state index in [1.807, 2.05) is 6.92 Å². The van der Waals surface area contributed by atoms with E-state index >= 15 is 0 Å². The predicted molar refractivity (Wildman–Crippen MR) is 67.4 cm³/mol. The summed E-state index contributed by atoms with van der Waals surface area (Å²) in [6, 6.07) is 6.34. The number of benzene rings is 1. The number of phenols is 1. The van der Waals surface area contributed by atoms with Crippen LogP contribution in [0, 0.1) is 6.92 Å². The van der Waals surface area contributed by atoms with Crippen LogP contribution in [-0.2, 0) is 11.3 Å². The molecule has 0 fully saturated rings.